The first kappa shape index (κ1) is 2.21. The highest BCUT2D eigenvalue weighted by Gasteiger charge is 2.09. The lowest BCUT2D eigenvalue weighted by Crippen LogP contribution is -1.92. The van der Waals surface area contributed by atoms with Crippen LogP contribution in [0.3, 0.4) is 0 Å². The molecule has 46 valence electrons. The van der Waals surface area contributed by atoms with Gasteiger partial charge in [-0.1, -0.05) is 12.1 Å². The third kappa shape index (κ3) is 0.633. The SMILES string of the molecule is [2H]c1ccc([2H])c2c1OC([2H])([2H])O2. The van der Waals surface area contributed by atoms with Crippen molar-refractivity contribution in [3.8, 4) is 11.5 Å². The van der Waals surface area contributed by atoms with Gasteiger partial charge < -0.3 is 9.47 Å². The van der Waals surface area contributed by atoms with E-state index in [2.05, 4.69) is 0 Å². The Labute approximate surface area is 58.6 Å². The molecule has 0 N–H and O–H groups in total. The number of rotatable bonds is 0. The summed E-state index contributed by atoms with van der Waals surface area (Å²) in [6.45, 7) is -2.25. The van der Waals surface area contributed by atoms with Crippen LogP contribution in [0.5, 0.6) is 11.5 Å². The molecule has 0 amide bonds. The van der Waals surface area contributed by atoms with Crippen LogP contribution in [0, 0.1) is 0 Å². The molecule has 0 aliphatic carbocycles. The molecule has 1 aliphatic rings. The first-order valence-corrected chi connectivity index (χ1v) is 2.48. The van der Waals surface area contributed by atoms with Crippen molar-refractivity contribution in [3.05, 3.63) is 24.2 Å². The zero-order chi connectivity index (χ0) is 9.64. The maximum absolute atomic E-state index is 7.37. The van der Waals surface area contributed by atoms with Gasteiger partial charge in [-0.05, 0) is 12.1 Å². The molecule has 2 rings (SSSR count). The standard InChI is InChI=1S/C7H6O2/c1-2-4-7-6(3-1)8-5-9-7/h1-4H,5H2/i3D,4D,5D2. The van der Waals surface area contributed by atoms with E-state index in [9.17, 15) is 0 Å². The number of hydrogen-bond donors (Lipinski definition) is 0. The van der Waals surface area contributed by atoms with E-state index in [1.54, 1.807) is 0 Å². The fourth-order valence-corrected chi connectivity index (χ4v) is 0.622. The van der Waals surface area contributed by atoms with Gasteiger partial charge in [-0.15, -0.1) is 0 Å². The average Bonchev–Trinajstić information content (AvgIpc) is 2.35. The van der Waals surface area contributed by atoms with Crippen LogP contribution < -0.4 is 9.47 Å². The largest absolute Gasteiger partial charge is 0.454 e. The Morgan fingerprint density at radius 3 is 2.44 bits per heavy atom. The summed E-state index contributed by atoms with van der Waals surface area (Å²) in [6, 6.07) is 2.78. The van der Waals surface area contributed by atoms with Crippen molar-refractivity contribution in [2.24, 2.45) is 0 Å². The molecule has 2 heteroatoms. The molecule has 1 aromatic carbocycles. The number of ether oxygens (including phenoxy) is 2. The normalized spacial score (nSPS) is 25.8. The lowest BCUT2D eigenvalue weighted by Gasteiger charge is -1.89. The second-order valence-corrected chi connectivity index (χ2v) is 1.57. The maximum atomic E-state index is 7.37. The molecule has 0 unspecified atom stereocenters. The molecule has 1 heterocycles. The van der Waals surface area contributed by atoms with E-state index < -0.39 is 6.75 Å². The molecule has 1 aromatic rings. The summed E-state index contributed by atoms with van der Waals surface area (Å²) in [5.74, 6) is -0.00463. The van der Waals surface area contributed by atoms with Crippen LogP contribution in [-0.2, 0) is 0 Å². The van der Waals surface area contributed by atoms with Crippen molar-refractivity contribution in [2.45, 2.75) is 0 Å². The van der Waals surface area contributed by atoms with Gasteiger partial charge in [0.2, 0.25) is 6.75 Å². The van der Waals surface area contributed by atoms with Gasteiger partial charge in [-0.2, -0.15) is 0 Å². The van der Waals surface area contributed by atoms with Gasteiger partial charge in [0.15, 0.2) is 11.5 Å². The number of para-hydroxylation sites is 2. The van der Waals surface area contributed by atoms with Crippen LogP contribution in [0.4, 0.5) is 0 Å². The molecule has 2 nitrogen and oxygen atoms in total. The van der Waals surface area contributed by atoms with Crippen molar-refractivity contribution in [3.63, 3.8) is 0 Å². The average molecular weight is 126 g/mol. The minimum absolute atomic E-state index is 0.00231. The zero-order valence-corrected chi connectivity index (χ0v) is 4.47. The minimum atomic E-state index is -2.25. The second kappa shape index (κ2) is 1.65. The number of benzene rings is 1. The van der Waals surface area contributed by atoms with Crippen LogP contribution in [0.2, 0.25) is 0 Å². The Hall–Kier alpha value is -1.18. The predicted octanol–water partition coefficient (Wildman–Crippen LogP) is 1.42. The van der Waals surface area contributed by atoms with Gasteiger partial charge >= 0.3 is 0 Å². The summed E-state index contributed by atoms with van der Waals surface area (Å²) in [7, 11) is 0. The smallest absolute Gasteiger partial charge is 0.231 e. The zero-order valence-electron chi connectivity index (χ0n) is 8.47. The Bertz CT molecular complexity index is 331. The quantitative estimate of drug-likeness (QED) is 0.523. The van der Waals surface area contributed by atoms with Gasteiger partial charge in [0.1, 0.15) is 2.74 Å². The molecule has 1 aliphatic heterocycles. The molecule has 0 saturated carbocycles. The minimum Gasteiger partial charge on any atom is -0.454 e. The Morgan fingerprint density at radius 1 is 1.33 bits per heavy atom. The highest BCUT2D eigenvalue weighted by atomic mass is 16.7. The predicted molar refractivity (Wildman–Crippen MR) is 32.6 cm³/mol. The van der Waals surface area contributed by atoms with Crippen LogP contribution in [-0.4, -0.2) is 6.75 Å². The second-order valence-electron chi connectivity index (χ2n) is 1.57. The number of hydrogen-bond acceptors (Lipinski definition) is 2. The molecule has 0 radical (unpaired) electrons. The van der Waals surface area contributed by atoms with Gasteiger partial charge in [0, 0.05) is 0 Å². The molecular formula is C7H6O2. The first-order valence-electron chi connectivity index (χ1n) is 4.48. The molecule has 0 bridgehead atoms. The molecular weight excluding hydrogens is 116 g/mol. The maximum Gasteiger partial charge on any atom is 0.231 e. The monoisotopic (exact) mass is 126 g/mol. The van der Waals surface area contributed by atoms with Crippen molar-refractivity contribution in [1.29, 1.82) is 0 Å². The van der Waals surface area contributed by atoms with E-state index >= 15 is 0 Å². The lowest BCUT2D eigenvalue weighted by atomic mass is 10.3. The number of fused-ring (bicyclic) bond motifs is 1. The van der Waals surface area contributed by atoms with Gasteiger partial charge in [0.25, 0.3) is 0 Å². The first-order chi connectivity index (χ1) is 5.99. The van der Waals surface area contributed by atoms with Crippen molar-refractivity contribution in [2.75, 3.05) is 6.75 Å². The van der Waals surface area contributed by atoms with E-state index in [4.69, 9.17) is 15.0 Å². The van der Waals surface area contributed by atoms with Crippen molar-refractivity contribution in [1.82, 2.24) is 0 Å². The summed E-state index contributed by atoms with van der Waals surface area (Å²) >= 11 is 0. The summed E-state index contributed by atoms with van der Waals surface area (Å²) in [5, 5.41) is 0. The Kier molecular flexibility index (Phi) is 0.407. The molecule has 9 heavy (non-hydrogen) atoms. The molecule has 0 atom stereocenters. The van der Waals surface area contributed by atoms with E-state index in [1.165, 1.54) is 12.1 Å². The van der Waals surface area contributed by atoms with Crippen LogP contribution in [0.1, 0.15) is 5.48 Å². The van der Waals surface area contributed by atoms with Crippen LogP contribution in [0.15, 0.2) is 24.2 Å². The highest BCUT2D eigenvalue weighted by Crippen LogP contribution is 2.30. The van der Waals surface area contributed by atoms with Gasteiger partial charge in [-0.3, -0.25) is 0 Å². The third-order valence-corrected chi connectivity index (χ3v) is 1.01. The van der Waals surface area contributed by atoms with E-state index in [0.29, 0.717) is 0 Å². The Balaban J connectivity index is 2.56. The van der Waals surface area contributed by atoms with Crippen molar-refractivity contribution < 1.29 is 15.0 Å². The summed E-state index contributed by atoms with van der Waals surface area (Å²) in [4.78, 5) is 0. The fourth-order valence-electron chi connectivity index (χ4n) is 0.622. The lowest BCUT2D eigenvalue weighted by molar-refractivity contribution is 0.174. The molecule has 0 aromatic heterocycles. The van der Waals surface area contributed by atoms with Crippen LogP contribution >= 0.6 is 0 Å². The topological polar surface area (TPSA) is 18.5 Å². The van der Waals surface area contributed by atoms with E-state index in [1.807, 2.05) is 0 Å². The summed E-state index contributed by atoms with van der Waals surface area (Å²) in [6.07, 6.45) is 0. The Morgan fingerprint density at radius 2 is 1.89 bits per heavy atom. The highest BCUT2D eigenvalue weighted by molar-refractivity contribution is 5.40. The summed E-state index contributed by atoms with van der Waals surface area (Å²) in [5.41, 5.74) is 0. The summed E-state index contributed by atoms with van der Waals surface area (Å²) < 4.78 is 38.4. The third-order valence-electron chi connectivity index (χ3n) is 1.01. The molecule has 0 saturated heterocycles. The van der Waals surface area contributed by atoms with E-state index in [-0.39, 0.29) is 23.6 Å². The molecule has 0 spiro atoms. The fraction of sp³-hybridized carbons (Fsp3) is 0.143. The molecule has 0 fully saturated rings. The van der Waals surface area contributed by atoms with Gasteiger partial charge in [-0.25, -0.2) is 0 Å². The van der Waals surface area contributed by atoms with Gasteiger partial charge in [0.05, 0.1) is 2.74 Å². The van der Waals surface area contributed by atoms with E-state index in [0.717, 1.165) is 0 Å². The van der Waals surface area contributed by atoms with Crippen LogP contribution in [0.25, 0.3) is 0 Å². The van der Waals surface area contributed by atoms with Crippen molar-refractivity contribution >= 4 is 0 Å².